The van der Waals surface area contributed by atoms with E-state index in [1.807, 2.05) is 13.8 Å². The fourth-order valence-corrected chi connectivity index (χ4v) is 3.11. The Morgan fingerprint density at radius 1 is 1.00 bits per heavy atom. The van der Waals surface area contributed by atoms with Crippen molar-refractivity contribution in [1.82, 2.24) is 5.32 Å². The van der Waals surface area contributed by atoms with Crippen molar-refractivity contribution >= 4 is 11.8 Å². The minimum atomic E-state index is -0.480. The fourth-order valence-electron chi connectivity index (χ4n) is 3.11. The summed E-state index contributed by atoms with van der Waals surface area (Å²) in [5.41, 5.74) is -0.480. The molecule has 2 aliphatic heterocycles. The van der Waals surface area contributed by atoms with Gasteiger partial charge in [-0.1, -0.05) is 13.8 Å². The first-order chi connectivity index (χ1) is 9.14. The van der Waals surface area contributed by atoms with Gasteiger partial charge in [-0.05, 0) is 19.3 Å². The summed E-state index contributed by atoms with van der Waals surface area (Å²) >= 11 is 0. The van der Waals surface area contributed by atoms with Crippen molar-refractivity contribution < 1.29 is 19.1 Å². The van der Waals surface area contributed by atoms with Crippen LogP contribution in [0.15, 0.2) is 0 Å². The quantitative estimate of drug-likeness (QED) is 0.680. The molecule has 3 aliphatic rings. The number of imide groups is 1. The summed E-state index contributed by atoms with van der Waals surface area (Å²) in [5.74, 6) is -0.723. The van der Waals surface area contributed by atoms with Crippen molar-refractivity contribution in [2.75, 3.05) is 13.2 Å². The molecule has 5 heteroatoms. The molecule has 1 aliphatic carbocycles. The molecule has 2 spiro atoms. The van der Waals surface area contributed by atoms with Gasteiger partial charge in [-0.2, -0.15) is 0 Å². The molecule has 0 aromatic carbocycles. The second kappa shape index (κ2) is 5.59. The van der Waals surface area contributed by atoms with Crippen LogP contribution < -0.4 is 5.32 Å². The normalized spacial score (nSPS) is 27.9. The van der Waals surface area contributed by atoms with E-state index in [0.717, 1.165) is 19.6 Å². The van der Waals surface area contributed by atoms with Crippen LogP contribution in [0.5, 0.6) is 0 Å². The molecule has 0 aromatic heterocycles. The van der Waals surface area contributed by atoms with E-state index in [1.54, 1.807) is 0 Å². The lowest BCUT2D eigenvalue weighted by Crippen LogP contribution is -2.48. The minimum absolute atomic E-state index is 0.104. The lowest BCUT2D eigenvalue weighted by Gasteiger charge is -2.44. The van der Waals surface area contributed by atoms with E-state index in [1.165, 1.54) is 0 Å². The van der Waals surface area contributed by atoms with Gasteiger partial charge < -0.3 is 9.47 Å². The summed E-state index contributed by atoms with van der Waals surface area (Å²) in [5, 5.41) is 2.41. The van der Waals surface area contributed by atoms with Gasteiger partial charge in [0.05, 0.1) is 18.6 Å². The zero-order valence-electron chi connectivity index (χ0n) is 11.8. The number of amides is 2. The molecule has 0 aromatic rings. The van der Waals surface area contributed by atoms with Crippen LogP contribution in [0.3, 0.4) is 0 Å². The fraction of sp³-hybridized carbons (Fsp3) is 0.857. The lowest BCUT2D eigenvalue weighted by atomic mass is 9.70. The number of hydrogen-bond acceptors (Lipinski definition) is 4. The first kappa shape index (κ1) is 14.5. The van der Waals surface area contributed by atoms with Crippen molar-refractivity contribution in [2.24, 2.45) is 5.41 Å². The summed E-state index contributed by atoms with van der Waals surface area (Å²) in [6.07, 6.45) is 4.07. The van der Waals surface area contributed by atoms with Gasteiger partial charge in [0.15, 0.2) is 5.79 Å². The molecule has 0 atom stereocenters. The van der Waals surface area contributed by atoms with Crippen molar-refractivity contribution in [3.63, 3.8) is 0 Å². The topological polar surface area (TPSA) is 64.6 Å². The Hall–Kier alpha value is -0.940. The third-order valence-electron chi connectivity index (χ3n) is 4.22. The van der Waals surface area contributed by atoms with E-state index < -0.39 is 11.2 Å². The highest BCUT2D eigenvalue weighted by Gasteiger charge is 2.53. The molecule has 0 unspecified atom stereocenters. The van der Waals surface area contributed by atoms with Gasteiger partial charge in [-0.3, -0.25) is 14.9 Å². The van der Waals surface area contributed by atoms with Crippen LogP contribution in [-0.2, 0) is 19.1 Å². The lowest BCUT2D eigenvalue weighted by molar-refractivity contribution is -0.286. The SMILES string of the molecule is CC.O=C1CC2(CCC3(CC2)OCCCO3)C(=O)N1. The van der Waals surface area contributed by atoms with Crippen LogP contribution in [-0.4, -0.2) is 30.8 Å². The Labute approximate surface area is 114 Å². The van der Waals surface area contributed by atoms with E-state index in [-0.39, 0.29) is 11.8 Å². The first-order valence-corrected chi connectivity index (χ1v) is 7.27. The van der Waals surface area contributed by atoms with E-state index in [9.17, 15) is 9.59 Å². The molecule has 0 radical (unpaired) electrons. The number of carbonyl (C=O) groups is 2. The summed E-state index contributed by atoms with van der Waals surface area (Å²) < 4.78 is 11.5. The van der Waals surface area contributed by atoms with Crippen molar-refractivity contribution in [2.45, 2.75) is 58.2 Å². The molecule has 2 amide bonds. The van der Waals surface area contributed by atoms with Gasteiger partial charge >= 0.3 is 0 Å². The predicted octanol–water partition coefficient (Wildman–Crippen LogP) is 1.75. The third-order valence-corrected chi connectivity index (χ3v) is 4.22. The van der Waals surface area contributed by atoms with Crippen molar-refractivity contribution in [1.29, 1.82) is 0 Å². The predicted molar refractivity (Wildman–Crippen MR) is 69.3 cm³/mol. The highest BCUT2D eigenvalue weighted by Crippen LogP contribution is 2.47. The Morgan fingerprint density at radius 3 is 2.05 bits per heavy atom. The Balaban J connectivity index is 0.000000637. The number of carbonyl (C=O) groups excluding carboxylic acids is 2. The largest absolute Gasteiger partial charge is 0.350 e. The van der Waals surface area contributed by atoms with Crippen LogP contribution in [0.1, 0.15) is 52.4 Å². The standard InChI is InChI=1S/C12H17NO4.C2H6/c14-9-8-11(10(15)13-9)2-4-12(5-3-11)16-6-1-7-17-12;1-2/h1-8H2,(H,13,14,15);1-2H3. The van der Waals surface area contributed by atoms with E-state index >= 15 is 0 Å². The van der Waals surface area contributed by atoms with Crippen LogP contribution in [0, 0.1) is 5.41 Å². The summed E-state index contributed by atoms with van der Waals surface area (Å²) in [6.45, 7) is 5.47. The molecule has 19 heavy (non-hydrogen) atoms. The van der Waals surface area contributed by atoms with Gasteiger partial charge in [-0.15, -0.1) is 0 Å². The molecule has 1 N–H and O–H groups in total. The summed E-state index contributed by atoms with van der Waals surface area (Å²) in [4.78, 5) is 23.1. The Morgan fingerprint density at radius 2 is 1.58 bits per heavy atom. The van der Waals surface area contributed by atoms with Crippen molar-refractivity contribution in [3.05, 3.63) is 0 Å². The Bertz CT molecular complexity index is 350. The number of rotatable bonds is 0. The zero-order chi connectivity index (χ0) is 13.9. The molecular formula is C14H23NO4. The highest BCUT2D eigenvalue weighted by molar-refractivity contribution is 6.05. The van der Waals surface area contributed by atoms with Gasteiger partial charge in [0.2, 0.25) is 11.8 Å². The average Bonchev–Trinajstić information content (AvgIpc) is 2.72. The average molecular weight is 269 g/mol. The van der Waals surface area contributed by atoms with E-state index in [0.29, 0.717) is 32.1 Å². The maximum atomic E-state index is 11.8. The van der Waals surface area contributed by atoms with E-state index in [2.05, 4.69) is 5.32 Å². The molecule has 2 saturated heterocycles. The number of nitrogens with one attached hydrogen (secondary N) is 1. The zero-order valence-corrected chi connectivity index (χ0v) is 11.8. The summed E-state index contributed by atoms with van der Waals surface area (Å²) in [6, 6.07) is 0. The molecule has 2 heterocycles. The number of hydrogen-bond donors (Lipinski definition) is 1. The van der Waals surface area contributed by atoms with Crippen LogP contribution in [0.4, 0.5) is 0 Å². The molecule has 1 saturated carbocycles. The molecule has 0 bridgehead atoms. The maximum absolute atomic E-state index is 11.8. The number of ether oxygens (including phenoxy) is 2. The second-order valence-electron chi connectivity index (χ2n) is 5.30. The van der Waals surface area contributed by atoms with Gasteiger partial charge in [0, 0.05) is 19.3 Å². The minimum Gasteiger partial charge on any atom is -0.350 e. The van der Waals surface area contributed by atoms with Crippen LogP contribution >= 0.6 is 0 Å². The second-order valence-corrected chi connectivity index (χ2v) is 5.30. The molecule has 108 valence electrons. The highest BCUT2D eigenvalue weighted by atomic mass is 16.7. The van der Waals surface area contributed by atoms with Gasteiger partial charge in [0.1, 0.15) is 0 Å². The monoisotopic (exact) mass is 269 g/mol. The van der Waals surface area contributed by atoms with Crippen molar-refractivity contribution in [3.8, 4) is 0 Å². The molecule has 3 rings (SSSR count). The maximum Gasteiger partial charge on any atom is 0.233 e. The van der Waals surface area contributed by atoms with Crippen LogP contribution in [0.2, 0.25) is 0 Å². The Kier molecular flexibility index (Phi) is 4.26. The first-order valence-electron chi connectivity index (χ1n) is 7.27. The van der Waals surface area contributed by atoms with Gasteiger partial charge in [-0.25, -0.2) is 0 Å². The summed E-state index contributed by atoms with van der Waals surface area (Å²) in [7, 11) is 0. The molecule has 3 fully saturated rings. The van der Waals surface area contributed by atoms with Gasteiger partial charge in [0.25, 0.3) is 0 Å². The van der Waals surface area contributed by atoms with Crippen LogP contribution in [0.25, 0.3) is 0 Å². The molecular weight excluding hydrogens is 246 g/mol. The molecule has 5 nitrogen and oxygen atoms in total. The third kappa shape index (κ3) is 2.67. The smallest absolute Gasteiger partial charge is 0.233 e. The van der Waals surface area contributed by atoms with E-state index in [4.69, 9.17) is 9.47 Å².